The van der Waals surface area contributed by atoms with E-state index in [0.29, 0.717) is 5.92 Å². The first-order valence-electron chi connectivity index (χ1n) is 12.3. The topological polar surface area (TPSA) is 73.3 Å². The first kappa shape index (κ1) is 22.4. The number of hydrogen-bond acceptors (Lipinski definition) is 8. The van der Waals surface area contributed by atoms with E-state index in [4.69, 9.17) is 9.97 Å². The van der Waals surface area contributed by atoms with Crippen molar-refractivity contribution in [2.24, 2.45) is 0 Å². The number of rotatable bonds is 6. The second-order valence-corrected chi connectivity index (χ2v) is 9.43. The van der Waals surface area contributed by atoms with Crippen LogP contribution in [-0.2, 0) is 0 Å². The first-order chi connectivity index (χ1) is 16.7. The van der Waals surface area contributed by atoms with E-state index in [1.807, 2.05) is 31.3 Å². The van der Waals surface area contributed by atoms with Crippen molar-refractivity contribution < 1.29 is 0 Å². The van der Waals surface area contributed by atoms with Crippen molar-refractivity contribution in [2.45, 2.75) is 38.0 Å². The van der Waals surface area contributed by atoms with Gasteiger partial charge in [-0.2, -0.15) is 9.97 Å². The van der Waals surface area contributed by atoms with E-state index in [9.17, 15) is 0 Å². The van der Waals surface area contributed by atoms with Crippen LogP contribution in [0, 0.1) is 0 Å². The third kappa shape index (κ3) is 5.21. The lowest BCUT2D eigenvalue weighted by atomic mass is 9.84. The number of anilines is 5. The number of hydrogen-bond donors (Lipinski definition) is 1. The lowest BCUT2D eigenvalue weighted by Gasteiger charge is -2.35. The lowest BCUT2D eigenvalue weighted by Crippen LogP contribution is -2.47. The van der Waals surface area contributed by atoms with Gasteiger partial charge in [-0.05, 0) is 36.5 Å². The highest BCUT2D eigenvalue weighted by Crippen LogP contribution is 2.33. The summed E-state index contributed by atoms with van der Waals surface area (Å²) in [6.07, 6.45) is 12.0. The van der Waals surface area contributed by atoms with Gasteiger partial charge in [0, 0.05) is 64.4 Å². The van der Waals surface area contributed by atoms with Crippen molar-refractivity contribution in [1.29, 1.82) is 0 Å². The molecule has 1 N–H and O–H groups in total. The minimum atomic E-state index is 0.717. The molecule has 8 heteroatoms. The van der Waals surface area contributed by atoms with Crippen LogP contribution in [0.4, 0.5) is 29.1 Å². The van der Waals surface area contributed by atoms with Crippen LogP contribution in [0.15, 0.2) is 48.9 Å². The van der Waals surface area contributed by atoms with Gasteiger partial charge >= 0.3 is 0 Å². The number of piperazine rings is 1. The summed E-state index contributed by atoms with van der Waals surface area (Å²) in [5.41, 5.74) is 2.52. The predicted molar refractivity (Wildman–Crippen MR) is 138 cm³/mol. The van der Waals surface area contributed by atoms with Crippen LogP contribution < -0.4 is 20.0 Å². The van der Waals surface area contributed by atoms with Gasteiger partial charge in [-0.25, -0.2) is 4.98 Å². The van der Waals surface area contributed by atoms with E-state index in [1.165, 1.54) is 37.7 Å². The molecule has 2 aromatic heterocycles. The average molecular weight is 459 g/mol. The third-order valence-electron chi connectivity index (χ3n) is 6.85. The molecular formula is C26H34N8. The van der Waals surface area contributed by atoms with Crippen molar-refractivity contribution in [2.75, 3.05) is 60.3 Å². The first-order valence-corrected chi connectivity index (χ1v) is 12.3. The number of nitrogens with one attached hydrogen (secondary N) is 1. The largest absolute Gasteiger partial charge is 0.363 e. The Morgan fingerprint density at radius 3 is 2.29 bits per heavy atom. The van der Waals surface area contributed by atoms with Crippen molar-refractivity contribution in [3.8, 4) is 0 Å². The van der Waals surface area contributed by atoms with Gasteiger partial charge in [-0.1, -0.05) is 31.4 Å². The molecule has 8 nitrogen and oxygen atoms in total. The molecule has 0 amide bonds. The van der Waals surface area contributed by atoms with Crippen molar-refractivity contribution in [1.82, 2.24) is 19.9 Å². The molecule has 2 fully saturated rings. The van der Waals surface area contributed by atoms with Crippen LogP contribution in [0.5, 0.6) is 0 Å². The molecule has 0 unspecified atom stereocenters. The van der Waals surface area contributed by atoms with Gasteiger partial charge in [0.05, 0.1) is 6.20 Å². The number of benzene rings is 1. The smallest absolute Gasteiger partial charge is 0.229 e. The maximum absolute atomic E-state index is 4.88. The summed E-state index contributed by atoms with van der Waals surface area (Å²) in [5.74, 6) is 4.10. The van der Waals surface area contributed by atoms with Crippen LogP contribution in [0.1, 0.15) is 43.6 Å². The fraction of sp³-hybridized carbons (Fsp3) is 0.462. The van der Waals surface area contributed by atoms with Gasteiger partial charge in [0.2, 0.25) is 5.95 Å². The minimum Gasteiger partial charge on any atom is -0.363 e. The highest BCUT2D eigenvalue weighted by atomic mass is 15.4. The second kappa shape index (κ2) is 10.2. The summed E-state index contributed by atoms with van der Waals surface area (Å²) in [4.78, 5) is 24.9. The molecule has 0 radical (unpaired) electrons. The zero-order valence-corrected chi connectivity index (χ0v) is 20.2. The van der Waals surface area contributed by atoms with Gasteiger partial charge in [-0.3, -0.25) is 4.98 Å². The molecule has 3 heterocycles. The molecule has 1 aliphatic heterocycles. The van der Waals surface area contributed by atoms with Crippen molar-refractivity contribution in [3.63, 3.8) is 0 Å². The monoisotopic (exact) mass is 458 g/mol. The molecule has 1 saturated heterocycles. The summed E-state index contributed by atoms with van der Waals surface area (Å²) in [5, 5.41) is 3.51. The summed E-state index contributed by atoms with van der Waals surface area (Å²) < 4.78 is 0. The lowest BCUT2D eigenvalue weighted by molar-refractivity contribution is 0.443. The second-order valence-electron chi connectivity index (χ2n) is 9.43. The Kier molecular flexibility index (Phi) is 6.74. The normalized spacial score (nSPS) is 17.0. The molecule has 34 heavy (non-hydrogen) atoms. The summed E-state index contributed by atoms with van der Waals surface area (Å²) in [6, 6.07) is 10.9. The minimum absolute atomic E-state index is 0.717. The molecule has 2 aliphatic rings. The van der Waals surface area contributed by atoms with E-state index in [1.54, 1.807) is 12.4 Å². The van der Waals surface area contributed by atoms with Gasteiger partial charge in [0.15, 0.2) is 0 Å². The molecule has 0 bridgehead atoms. The fourth-order valence-electron chi connectivity index (χ4n) is 4.87. The Labute approximate surface area is 202 Å². The Morgan fingerprint density at radius 1 is 0.882 bits per heavy atom. The average Bonchev–Trinajstić information content (AvgIpc) is 2.90. The van der Waals surface area contributed by atoms with Gasteiger partial charge < -0.3 is 20.0 Å². The molecule has 1 aliphatic carbocycles. The van der Waals surface area contributed by atoms with Crippen LogP contribution >= 0.6 is 0 Å². The highest BCUT2D eigenvalue weighted by molar-refractivity contribution is 5.62. The van der Waals surface area contributed by atoms with E-state index < -0.39 is 0 Å². The zero-order valence-electron chi connectivity index (χ0n) is 20.2. The Morgan fingerprint density at radius 2 is 1.62 bits per heavy atom. The molecule has 5 rings (SSSR count). The maximum Gasteiger partial charge on any atom is 0.229 e. The molecule has 0 spiro atoms. The van der Waals surface area contributed by atoms with Gasteiger partial charge in [0.25, 0.3) is 0 Å². The molecule has 0 atom stereocenters. The SMILES string of the molecule is CN(C)c1cc(Nc2ccc(C3CCCCC3)cc2)nc(N2CCN(c3cnccn3)CC2)n1. The standard InChI is InChI=1S/C26H34N8/c1-32(2)24-18-23(29-22-10-8-21(9-11-22)20-6-4-3-5-7-20)30-26(31-24)34-16-14-33(15-17-34)25-19-27-12-13-28-25/h8-13,18-20H,3-7,14-17H2,1-2H3,(H,29,30,31). The molecule has 3 aromatic rings. The molecule has 1 aromatic carbocycles. The third-order valence-corrected chi connectivity index (χ3v) is 6.85. The molecule has 178 valence electrons. The molecular weight excluding hydrogens is 424 g/mol. The van der Waals surface area contributed by atoms with Gasteiger partial charge in [0.1, 0.15) is 17.5 Å². The van der Waals surface area contributed by atoms with Crippen LogP contribution in [-0.4, -0.2) is 60.2 Å². The summed E-state index contributed by atoms with van der Waals surface area (Å²) in [7, 11) is 4.03. The zero-order chi connectivity index (χ0) is 23.3. The van der Waals surface area contributed by atoms with Crippen LogP contribution in [0.2, 0.25) is 0 Å². The van der Waals surface area contributed by atoms with Crippen molar-refractivity contribution >= 4 is 29.1 Å². The predicted octanol–water partition coefficient (Wildman–Crippen LogP) is 4.45. The fourth-order valence-corrected chi connectivity index (χ4v) is 4.87. The Balaban J connectivity index is 1.29. The maximum atomic E-state index is 4.88. The summed E-state index contributed by atoms with van der Waals surface area (Å²) in [6.45, 7) is 3.39. The van der Waals surface area contributed by atoms with E-state index in [0.717, 1.165) is 55.3 Å². The molecule has 1 saturated carbocycles. The van der Waals surface area contributed by atoms with Crippen molar-refractivity contribution in [3.05, 3.63) is 54.5 Å². The quantitative estimate of drug-likeness (QED) is 0.581. The Hall–Kier alpha value is -3.42. The van der Waals surface area contributed by atoms with E-state index in [2.05, 4.69) is 49.4 Å². The van der Waals surface area contributed by atoms with Crippen LogP contribution in [0.3, 0.4) is 0 Å². The van der Waals surface area contributed by atoms with E-state index >= 15 is 0 Å². The highest BCUT2D eigenvalue weighted by Gasteiger charge is 2.21. The van der Waals surface area contributed by atoms with Crippen LogP contribution in [0.25, 0.3) is 0 Å². The Bertz CT molecular complexity index is 1060. The number of aromatic nitrogens is 4. The number of nitrogens with zero attached hydrogens (tertiary/aromatic N) is 7. The van der Waals surface area contributed by atoms with Gasteiger partial charge in [-0.15, -0.1) is 0 Å². The summed E-state index contributed by atoms with van der Waals surface area (Å²) >= 11 is 0. The van der Waals surface area contributed by atoms with E-state index in [-0.39, 0.29) is 0 Å².